The summed E-state index contributed by atoms with van der Waals surface area (Å²) >= 11 is 0. The molecule has 1 unspecified atom stereocenters. The maximum Gasteiger partial charge on any atom is 0.319 e. The summed E-state index contributed by atoms with van der Waals surface area (Å²) in [6.07, 6.45) is 18.1. The van der Waals surface area contributed by atoms with Crippen molar-refractivity contribution in [1.29, 1.82) is 0 Å². The zero-order valence-corrected chi connectivity index (χ0v) is 46.7. The van der Waals surface area contributed by atoms with E-state index in [-0.39, 0.29) is 31.6 Å². The summed E-state index contributed by atoms with van der Waals surface area (Å²) in [7, 11) is 0. The molecule has 0 saturated heterocycles. The highest BCUT2D eigenvalue weighted by Gasteiger charge is 2.44. The van der Waals surface area contributed by atoms with Gasteiger partial charge < -0.3 is 78.1 Å². The number of carboxylic acid groups (broad SMARTS) is 3. The molecule has 0 aliphatic carbocycles. The lowest BCUT2D eigenvalue weighted by Gasteiger charge is -2.28. The van der Waals surface area contributed by atoms with E-state index in [9.17, 15) is 19.5 Å². The van der Waals surface area contributed by atoms with Crippen molar-refractivity contribution in [3.05, 3.63) is 0 Å². The molecule has 0 heterocycles. The Morgan fingerprint density at radius 1 is 0.405 bits per heavy atom. The molecule has 0 aromatic rings. The number of ether oxygens (including phenoxy) is 11. The minimum absolute atomic E-state index is 0.103. The monoisotopic (exact) mass is 1070 g/mol. The fourth-order valence-electron chi connectivity index (χ4n) is 7.37. The van der Waals surface area contributed by atoms with Crippen molar-refractivity contribution in [1.82, 2.24) is 10.6 Å². The standard InChI is InChI=1S/C53H104N2O16.CH2O2/c1-5-6-7-8-9-11-14-17-20-23-53(51(59)60,24-21-18-15-12-10-13-16-19-22-49(56)57)50(58)54-25-27-61-29-31-63-33-35-65-37-39-67-41-43-69-45-47-71-48-46-70-44-42-68-40-38-66-36-34-64-32-30-62-28-26-55-52(2,3)4;2-1-3/h55H,5-48H2,1-4H3,(H,54,58)(H,56,57)(H,59,60);1H,(H,2,3). The predicted molar refractivity (Wildman–Crippen MR) is 284 cm³/mol. The van der Waals surface area contributed by atoms with Crippen LogP contribution >= 0.6 is 0 Å². The molecule has 1 atom stereocenters. The lowest BCUT2D eigenvalue weighted by molar-refractivity contribution is -0.157. The summed E-state index contributed by atoms with van der Waals surface area (Å²) < 4.78 is 60.9. The van der Waals surface area contributed by atoms with Gasteiger partial charge in [0.25, 0.3) is 6.47 Å². The quantitative estimate of drug-likeness (QED) is 0.0227. The molecule has 20 heteroatoms. The molecule has 0 spiro atoms. The van der Waals surface area contributed by atoms with Gasteiger partial charge >= 0.3 is 11.9 Å². The molecule has 0 aliphatic rings. The zero-order chi connectivity index (χ0) is 54.7. The van der Waals surface area contributed by atoms with E-state index in [4.69, 9.17) is 67.1 Å². The fourth-order valence-corrected chi connectivity index (χ4v) is 7.37. The summed E-state index contributed by atoms with van der Waals surface area (Å²) in [5, 5.41) is 32.4. The average molecular weight is 1070 g/mol. The highest BCUT2D eigenvalue weighted by molar-refractivity contribution is 6.01. The van der Waals surface area contributed by atoms with E-state index in [2.05, 4.69) is 38.3 Å². The highest BCUT2D eigenvalue weighted by Crippen LogP contribution is 2.33. The third-order valence-electron chi connectivity index (χ3n) is 11.4. The van der Waals surface area contributed by atoms with Gasteiger partial charge in [-0.25, -0.2) is 0 Å². The molecule has 0 radical (unpaired) electrons. The Morgan fingerprint density at radius 2 is 0.662 bits per heavy atom. The maximum absolute atomic E-state index is 13.5. The van der Waals surface area contributed by atoms with E-state index in [1.54, 1.807) is 0 Å². The van der Waals surface area contributed by atoms with Crippen LogP contribution in [-0.4, -0.2) is 204 Å². The predicted octanol–water partition coefficient (Wildman–Crippen LogP) is 7.35. The average Bonchev–Trinajstić information content (AvgIpc) is 3.36. The number of hydrogen-bond acceptors (Lipinski definition) is 16. The van der Waals surface area contributed by atoms with Gasteiger partial charge in [0, 0.05) is 25.0 Å². The topological polar surface area (TPSA) is 255 Å². The Kier molecular flexibility index (Phi) is 57.7. The Hall–Kier alpha value is -2.60. The van der Waals surface area contributed by atoms with Gasteiger partial charge in [0.1, 0.15) is 5.41 Å². The van der Waals surface area contributed by atoms with Gasteiger partial charge in [-0.05, 0) is 40.0 Å². The Balaban J connectivity index is 0. The van der Waals surface area contributed by atoms with Crippen LogP contribution in [0.4, 0.5) is 0 Å². The third kappa shape index (κ3) is 55.6. The van der Waals surface area contributed by atoms with E-state index in [0.717, 1.165) is 64.3 Å². The minimum Gasteiger partial charge on any atom is -0.483 e. The van der Waals surface area contributed by atoms with Crippen LogP contribution in [0, 0.1) is 5.41 Å². The largest absolute Gasteiger partial charge is 0.483 e. The number of aliphatic carboxylic acids is 2. The molecular weight excluding hydrogens is 965 g/mol. The minimum atomic E-state index is -1.44. The number of amides is 1. The second-order valence-corrected chi connectivity index (χ2v) is 19.0. The Morgan fingerprint density at radius 3 is 0.932 bits per heavy atom. The van der Waals surface area contributed by atoms with Gasteiger partial charge in [0.05, 0.1) is 145 Å². The van der Waals surface area contributed by atoms with Crippen molar-refractivity contribution in [2.75, 3.05) is 158 Å². The zero-order valence-electron chi connectivity index (χ0n) is 46.7. The molecule has 0 aromatic carbocycles. The molecule has 0 saturated carbocycles. The van der Waals surface area contributed by atoms with Crippen LogP contribution < -0.4 is 10.6 Å². The van der Waals surface area contributed by atoms with Crippen molar-refractivity contribution in [3.8, 4) is 0 Å². The first kappa shape index (κ1) is 73.5. The van der Waals surface area contributed by atoms with Crippen molar-refractivity contribution in [3.63, 3.8) is 0 Å². The second-order valence-electron chi connectivity index (χ2n) is 19.0. The molecule has 74 heavy (non-hydrogen) atoms. The fraction of sp³-hybridized carbons (Fsp3) is 0.926. The highest BCUT2D eigenvalue weighted by atomic mass is 16.6. The van der Waals surface area contributed by atoms with Crippen LogP contribution in [0.1, 0.15) is 156 Å². The number of nitrogens with one attached hydrogen (secondary N) is 2. The SMILES string of the molecule is CCCCCCCCCCCC(CCCCCCCCCCC(=O)O)(C(=O)O)C(=O)NCCOCCOCCOCCOCCOCCOCCOCCOCCOCCOCCOCCNC(C)(C)C.O=CO. The molecule has 0 fully saturated rings. The molecule has 0 aliphatic heterocycles. The molecule has 0 rings (SSSR count). The summed E-state index contributed by atoms with van der Waals surface area (Å²) in [5.41, 5.74) is -1.34. The van der Waals surface area contributed by atoms with Crippen LogP contribution in [0.5, 0.6) is 0 Å². The molecule has 0 aromatic heterocycles. The van der Waals surface area contributed by atoms with Crippen LogP contribution in [0.15, 0.2) is 0 Å². The first-order valence-electron chi connectivity index (χ1n) is 27.9. The summed E-state index contributed by atoms with van der Waals surface area (Å²) in [6.45, 7) is 19.8. The maximum atomic E-state index is 13.5. The number of carboxylic acids is 2. The van der Waals surface area contributed by atoms with Crippen LogP contribution in [0.3, 0.4) is 0 Å². The lowest BCUT2D eigenvalue weighted by Crippen LogP contribution is -2.47. The third-order valence-corrected chi connectivity index (χ3v) is 11.4. The number of carbonyl (C=O) groups is 4. The number of unbranched alkanes of at least 4 members (excludes halogenated alkanes) is 15. The van der Waals surface area contributed by atoms with E-state index >= 15 is 0 Å². The van der Waals surface area contributed by atoms with Gasteiger partial charge in [0.15, 0.2) is 0 Å². The van der Waals surface area contributed by atoms with Crippen molar-refractivity contribution in [2.45, 2.75) is 162 Å². The first-order valence-corrected chi connectivity index (χ1v) is 27.9. The number of hydrogen-bond donors (Lipinski definition) is 5. The molecule has 440 valence electrons. The van der Waals surface area contributed by atoms with E-state index in [0.29, 0.717) is 171 Å². The molecular formula is C54H106N2O18. The molecule has 0 bridgehead atoms. The van der Waals surface area contributed by atoms with E-state index in [1.807, 2.05) is 0 Å². The van der Waals surface area contributed by atoms with Gasteiger partial charge in [-0.3, -0.25) is 19.2 Å². The van der Waals surface area contributed by atoms with Crippen molar-refractivity contribution in [2.24, 2.45) is 5.41 Å². The normalized spacial score (nSPS) is 12.3. The van der Waals surface area contributed by atoms with Gasteiger partial charge in [-0.1, -0.05) is 110 Å². The Labute approximate surface area is 445 Å². The molecule has 1 amide bonds. The van der Waals surface area contributed by atoms with Gasteiger partial charge in [0.2, 0.25) is 5.91 Å². The van der Waals surface area contributed by atoms with Gasteiger partial charge in [-0.2, -0.15) is 0 Å². The summed E-state index contributed by atoms with van der Waals surface area (Å²) in [6, 6.07) is 0. The smallest absolute Gasteiger partial charge is 0.319 e. The van der Waals surface area contributed by atoms with E-state index in [1.165, 1.54) is 32.1 Å². The summed E-state index contributed by atoms with van der Waals surface area (Å²) in [5.74, 6) is -2.22. The molecule has 5 N–H and O–H groups in total. The van der Waals surface area contributed by atoms with E-state index < -0.39 is 23.3 Å². The number of carbonyl (C=O) groups excluding carboxylic acids is 1. The van der Waals surface area contributed by atoms with Crippen molar-refractivity contribution >= 4 is 24.3 Å². The first-order chi connectivity index (χ1) is 36.0. The van der Waals surface area contributed by atoms with Crippen LogP contribution in [-0.2, 0) is 71.3 Å². The lowest BCUT2D eigenvalue weighted by atomic mass is 9.76. The second kappa shape index (κ2) is 58.1. The Bertz CT molecular complexity index is 1220. The summed E-state index contributed by atoms with van der Waals surface area (Å²) in [4.78, 5) is 45.3. The van der Waals surface area contributed by atoms with Gasteiger partial charge in [-0.15, -0.1) is 0 Å². The molecule has 20 nitrogen and oxygen atoms in total. The van der Waals surface area contributed by atoms with Crippen molar-refractivity contribution < 1.29 is 86.6 Å². The van der Waals surface area contributed by atoms with Crippen LogP contribution in [0.25, 0.3) is 0 Å². The van der Waals surface area contributed by atoms with Crippen LogP contribution in [0.2, 0.25) is 0 Å². The number of rotatable bonds is 59.